The lowest BCUT2D eigenvalue weighted by atomic mass is 10.2. The Morgan fingerprint density at radius 3 is 2.58 bits per heavy atom. The molecular formula is C12H15N3O3S. The zero-order valence-electron chi connectivity index (χ0n) is 11.3. The monoisotopic (exact) mass is 281 g/mol. The Bertz CT molecular complexity index is 748. The highest BCUT2D eigenvalue weighted by Crippen LogP contribution is 2.26. The number of pyridine rings is 1. The van der Waals surface area contributed by atoms with Gasteiger partial charge in [0.2, 0.25) is 0 Å². The molecule has 0 saturated carbocycles. The quantitative estimate of drug-likeness (QED) is 0.767. The van der Waals surface area contributed by atoms with Gasteiger partial charge in [-0.2, -0.15) is 0 Å². The van der Waals surface area contributed by atoms with Gasteiger partial charge in [-0.3, -0.25) is 13.9 Å². The molecular weight excluding hydrogens is 266 g/mol. The maximum absolute atomic E-state index is 12.3. The van der Waals surface area contributed by atoms with Crippen LogP contribution in [-0.2, 0) is 25.4 Å². The topological polar surface area (TPSA) is 66.1 Å². The summed E-state index contributed by atoms with van der Waals surface area (Å²) in [5, 5.41) is 0.464. The van der Waals surface area contributed by atoms with Gasteiger partial charge in [-0.1, -0.05) is 0 Å². The highest BCUT2D eigenvalue weighted by atomic mass is 32.2. The summed E-state index contributed by atoms with van der Waals surface area (Å²) in [4.78, 5) is 29.2. The molecule has 0 bridgehead atoms. The molecule has 0 amide bonds. The second-order valence-electron chi connectivity index (χ2n) is 4.15. The first kappa shape index (κ1) is 13.8. The van der Waals surface area contributed by atoms with Crippen LogP contribution in [0, 0.1) is 0 Å². The average Bonchev–Trinajstić information content (AvgIpc) is 2.42. The number of ether oxygens (including phenoxy) is 1. The minimum Gasteiger partial charge on any atom is -0.380 e. The number of thioether (sulfide) groups is 1. The third-order valence-corrected chi connectivity index (χ3v) is 3.87. The third-order valence-electron chi connectivity index (χ3n) is 3.00. The van der Waals surface area contributed by atoms with Crippen molar-refractivity contribution < 1.29 is 4.74 Å². The average molecular weight is 281 g/mol. The summed E-state index contributed by atoms with van der Waals surface area (Å²) in [6.45, 7) is 0.380. The molecule has 0 atom stereocenters. The molecule has 6 nitrogen and oxygen atoms in total. The van der Waals surface area contributed by atoms with Crippen molar-refractivity contribution in [3.63, 3.8) is 0 Å². The first-order valence-electron chi connectivity index (χ1n) is 5.63. The molecule has 19 heavy (non-hydrogen) atoms. The first-order chi connectivity index (χ1) is 9.02. The fourth-order valence-electron chi connectivity index (χ4n) is 2.03. The molecule has 0 unspecified atom stereocenters. The molecule has 2 aromatic heterocycles. The highest BCUT2D eigenvalue weighted by molar-refractivity contribution is 7.98. The lowest BCUT2D eigenvalue weighted by Gasteiger charge is -2.12. The summed E-state index contributed by atoms with van der Waals surface area (Å²) in [5.41, 5.74) is 0.542. The number of fused-ring (bicyclic) bond motifs is 1. The lowest BCUT2D eigenvalue weighted by molar-refractivity contribution is 0.183. The van der Waals surface area contributed by atoms with E-state index in [0.717, 1.165) is 15.0 Å². The molecule has 7 heteroatoms. The van der Waals surface area contributed by atoms with E-state index in [9.17, 15) is 9.59 Å². The molecule has 2 aromatic rings. The second-order valence-corrected chi connectivity index (χ2v) is 4.97. The summed E-state index contributed by atoms with van der Waals surface area (Å²) in [7, 11) is 4.67. The van der Waals surface area contributed by atoms with Gasteiger partial charge in [-0.05, 0) is 6.26 Å². The van der Waals surface area contributed by atoms with Crippen molar-refractivity contribution in [1.82, 2.24) is 14.1 Å². The van der Waals surface area contributed by atoms with Crippen LogP contribution in [0.4, 0.5) is 0 Å². The van der Waals surface area contributed by atoms with Gasteiger partial charge >= 0.3 is 5.69 Å². The molecule has 0 aliphatic heterocycles. The Labute approximate surface area is 114 Å². The number of rotatable bonds is 3. The van der Waals surface area contributed by atoms with E-state index < -0.39 is 0 Å². The minimum absolute atomic E-state index is 0.326. The maximum Gasteiger partial charge on any atom is 0.332 e. The molecule has 0 aliphatic rings. The van der Waals surface area contributed by atoms with Crippen molar-refractivity contribution >= 4 is 22.8 Å². The molecule has 0 radical (unpaired) electrons. The van der Waals surface area contributed by atoms with E-state index in [1.54, 1.807) is 20.4 Å². The van der Waals surface area contributed by atoms with Gasteiger partial charge in [0, 0.05) is 37.9 Å². The Morgan fingerprint density at radius 1 is 1.32 bits per heavy atom. The van der Waals surface area contributed by atoms with E-state index in [0.29, 0.717) is 17.6 Å². The van der Waals surface area contributed by atoms with E-state index in [1.807, 2.05) is 6.26 Å². The zero-order chi connectivity index (χ0) is 14.2. The molecule has 2 heterocycles. The Balaban J connectivity index is 3.01. The molecule has 0 aliphatic carbocycles. The first-order valence-corrected chi connectivity index (χ1v) is 6.86. The molecule has 0 fully saturated rings. The Hall–Kier alpha value is -1.60. The highest BCUT2D eigenvalue weighted by Gasteiger charge is 2.16. The summed E-state index contributed by atoms with van der Waals surface area (Å²) >= 11 is 1.45. The normalized spacial score (nSPS) is 11.2. The minimum atomic E-state index is -0.378. The summed E-state index contributed by atoms with van der Waals surface area (Å²) in [6.07, 6.45) is 3.54. The van der Waals surface area contributed by atoms with Gasteiger partial charge in [-0.25, -0.2) is 9.78 Å². The molecule has 0 aromatic carbocycles. The molecule has 0 N–H and O–H groups in total. The predicted molar refractivity (Wildman–Crippen MR) is 74.7 cm³/mol. The number of methoxy groups -OCH3 is 1. The van der Waals surface area contributed by atoms with E-state index in [1.165, 1.54) is 23.4 Å². The van der Waals surface area contributed by atoms with E-state index in [-0.39, 0.29) is 11.2 Å². The van der Waals surface area contributed by atoms with Crippen molar-refractivity contribution in [2.75, 3.05) is 13.4 Å². The van der Waals surface area contributed by atoms with Crippen LogP contribution >= 0.6 is 11.8 Å². The van der Waals surface area contributed by atoms with Gasteiger partial charge in [-0.15, -0.1) is 11.8 Å². The lowest BCUT2D eigenvalue weighted by Crippen LogP contribution is -2.37. The molecule has 0 saturated heterocycles. The fraction of sp³-hybridized carbons (Fsp3) is 0.417. The van der Waals surface area contributed by atoms with Crippen molar-refractivity contribution in [2.45, 2.75) is 11.5 Å². The maximum atomic E-state index is 12.3. The number of nitrogens with zero attached hydrogens (tertiary/aromatic N) is 3. The van der Waals surface area contributed by atoms with Crippen LogP contribution in [0.1, 0.15) is 5.56 Å². The summed E-state index contributed by atoms with van der Waals surface area (Å²) in [5.74, 6) is 0. The molecule has 102 valence electrons. The van der Waals surface area contributed by atoms with E-state index in [2.05, 4.69) is 4.98 Å². The van der Waals surface area contributed by atoms with Gasteiger partial charge in [0.1, 0.15) is 5.65 Å². The van der Waals surface area contributed by atoms with Crippen LogP contribution < -0.4 is 11.2 Å². The van der Waals surface area contributed by atoms with Crippen LogP contribution in [0.15, 0.2) is 20.7 Å². The van der Waals surface area contributed by atoms with Gasteiger partial charge in [0.15, 0.2) is 0 Å². The van der Waals surface area contributed by atoms with Crippen molar-refractivity contribution in [1.29, 1.82) is 0 Å². The van der Waals surface area contributed by atoms with Gasteiger partial charge < -0.3 is 4.74 Å². The number of aromatic nitrogens is 3. The standard InChI is InChI=1S/C12H15N3O3S/c1-14-10-8(11(16)15(2)12(14)17)9(19-4)7(5-13-10)6-18-3/h5H,6H2,1-4H3. The Morgan fingerprint density at radius 2 is 2.00 bits per heavy atom. The number of hydrogen-bond donors (Lipinski definition) is 0. The Kier molecular flexibility index (Phi) is 3.77. The van der Waals surface area contributed by atoms with Crippen molar-refractivity contribution in [3.05, 3.63) is 32.6 Å². The van der Waals surface area contributed by atoms with E-state index in [4.69, 9.17) is 4.74 Å². The molecule has 2 rings (SSSR count). The second kappa shape index (κ2) is 5.18. The van der Waals surface area contributed by atoms with Crippen molar-refractivity contribution in [2.24, 2.45) is 14.1 Å². The SMILES string of the molecule is COCc1cnc2c(c1SC)c(=O)n(C)c(=O)n2C. The van der Waals surface area contributed by atoms with Gasteiger partial charge in [0.05, 0.1) is 12.0 Å². The van der Waals surface area contributed by atoms with Crippen LogP contribution in [0.3, 0.4) is 0 Å². The predicted octanol–water partition coefficient (Wildman–Crippen LogP) is 0.500. The number of aryl methyl sites for hydroxylation is 1. The van der Waals surface area contributed by atoms with Crippen LogP contribution in [0.5, 0.6) is 0 Å². The van der Waals surface area contributed by atoms with E-state index >= 15 is 0 Å². The smallest absolute Gasteiger partial charge is 0.332 e. The fourth-order valence-corrected chi connectivity index (χ4v) is 2.79. The summed E-state index contributed by atoms with van der Waals surface area (Å²) in [6, 6.07) is 0. The molecule has 0 spiro atoms. The largest absolute Gasteiger partial charge is 0.380 e. The van der Waals surface area contributed by atoms with Crippen molar-refractivity contribution in [3.8, 4) is 0 Å². The summed E-state index contributed by atoms with van der Waals surface area (Å²) < 4.78 is 7.59. The number of hydrogen-bond acceptors (Lipinski definition) is 5. The third kappa shape index (κ3) is 2.08. The zero-order valence-corrected chi connectivity index (χ0v) is 12.1. The van der Waals surface area contributed by atoms with Crippen LogP contribution in [0.2, 0.25) is 0 Å². The van der Waals surface area contributed by atoms with Gasteiger partial charge in [0.25, 0.3) is 5.56 Å². The van der Waals surface area contributed by atoms with Crippen LogP contribution in [0.25, 0.3) is 11.0 Å². The van der Waals surface area contributed by atoms with Crippen LogP contribution in [-0.4, -0.2) is 27.5 Å².